The first-order valence-electron chi connectivity index (χ1n) is 10.8. The van der Waals surface area contributed by atoms with E-state index in [4.69, 9.17) is 4.74 Å². The first-order chi connectivity index (χ1) is 16.1. The highest BCUT2D eigenvalue weighted by atomic mass is 32.1. The molecule has 9 heteroatoms. The van der Waals surface area contributed by atoms with E-state index in [2.05, 4.69) is 20.9 Å². The monoisotopic (exact) mass is 468 g/mol. The number of hydrogen-bond donors (Lipinski definition) is 3. The average molecular weight is 469 g/mol. The maximum absolute atomic E-state index is 13.8. The zero-order chi connectivity index (χ0) is 23.0. The summed E-state index contributed by atoms with van der Waals surface area (Å²) in [4.78, 5) is 29.6. The lowest BCUT2D eigenvalue weighted by molar-refractivity contribution is 0.0911. The van der Waals surface area contributed by atoms with Crippen LogP contribution in [0.15, 0.2) is 60.0 Å². The maximum atomic E-state index is 13.8. The summed E-state index contributed by atoms with van der Waals surface area (Å²) in [7, 11) is 0. The van der Waals surface area contributed by atoms with E-state index >= 15 is 0 Å². The van der Waals surface area contributed by atoms with Crippen LogP contribution >= 0.6 is 11.3 Å². The normalized spacial score (nSPS) is 17.7. The van der Waals surface area contributed by atoms with Crippen molar-refractivity contribution in [2.45, 2.75) is 44.4 Å². The molecule has 3 N–H and O–H groups in total. The summed E-state index contributed by atoms with van der Waals surface area (Å²) >= 11 is 1.36. The third-order valence-corrected chi connectivity index (χ3v) is 6.23. The molecule has 0 bridgehead atoms. The number of amides is 3. The number of anilines is 1. The van der Waals surface area contributed by atoms with Gasteiger partial charge in [-0.05, 0) is 37.1 Å². The lowest BCUT2D eigenvalue weighted by atomic mass is 9.90. The molecule has 3 amide bonds. The molecule has 0 saturated heterocycles. The number of aromatic nitrogens is 1. The van der Waals surface area contributed by atoms with Gasteiger partial charge in [0.15, 0.2) is 0 Å². The van der Waals surface area contributed by atoms with Crippen molar-refractivity contribution in [2.24, 2.45) is 0 Å². The zero-order valence-electron chi connectivity index (χ0n) is 17.9. The number of carbonyl (C=O) groups is 2. The number of benzene rings is 2. The van der Waals surface area contributed by atoms with Crippen LogP contribution in [-0.4, -0.2) is 29.0 Å². The van der Waals surface area contributed by atoms with Crippen LogP contribution in [0.2, 0.25) is 0 Å². The van der Waals surface area contributed by atoms with Crippen molar-refractivity contribution in [2.75, 3.05) is 5.32 Å². The Labute approximate surface area is 195 Å². The lowest BCUT2D eigenvalue weighted by Crippen LogP contribution is -2.54. The summed E-state index contributed by atoms with van der Waals surface area (Å²) in [5, 5.41) is 10.8. The first-order valence-corrected chi connectivity index (χ1v) is 11.7. The third-order valence-electron chi connectivity index (χ3n) is 5.41. The molecule has 0 radical (unpaired) electrons. The molecule has 1 aliphatic rings. The molecular formula is C24H25FN4O3S. The van der Waals surface area contributed by atoms with Crippen molar-refractivity contribution >= 4 is 29.0 Å². The minimum Gasteiger partial charge on any atom is -0.486 e. The van der Waals surface area contributed by atoms with Crippen LogP contribution in [0, 0.1) is 5.82 Å². The lowest BCUT2D eigenvalue weighted by Gasteiger charge is -2.32. The molecule has 7 nitrogen and oxygen atoms in total. The summed E-state index contributed by atoms with van der Waals surface area (Å²) < 4.78 is 19.5. The fraction of sp³-hybridized carbons (Fsp3) is 0.292. The quantitative estimate of drug-likeness (QED) is 0.468. The van der Waals surface area contributed by atoms with Gasteiger partial charge in [0, 0.05) is 11.4 Å². The van der Waals surface area contributed by atoms with Crippen molar-refractivity contribution < 1.29 is 18.7 Å². The predicted octanol–water partition coefficient (Wildman–Crippen LogP) is 4.72. The molecule has 172 valence electrons. The van der Waals surface area contributed by atoms with Gasteiger partial charge in [-0.1, -0.05) is 43.2 Å². The Balaban J connectivity index is 1.32. The number of thiazole rings is 1. The predicted molar refractivity (Wildman–Crippen MR) is 125 cm³/mol. The molecule has 4 rings (SSSR count). The summed E-state index contributed by atoms with van der Waals surface area (Å²) in [5.74, 6) is -0.0503. The molecule has 2 atom stereocenters. The number of ether oxygens (including phenoxy) is 1. The average Bonchev–Trinajstić information content (AvgIpc) is 3.30. The topological polar surface area (TPSA) is 92.4 Å². The smallest absolute Gasteiger partial charge is 0.319 e. The molecule has 2 aromatic carbocycles. The van der Waals surface area contributed by atoms with Crippen molar-refractivity contribution in [3.8, 4) is 5.75 Å². The summed E-state index contributed by atoms with van der Waals surface area (Å²) in [6.45, 7) is 0.284. The molecular weight excluding hydrogens is 443 g/mol. The zero-order valence-corrected chi connectivity index (χ0v) is 18.7. The van der Waals surface area contributed by atoms with Crippen LogP contribution < -0.4 is 20.7 Å². The number of hydrogen-bond acceptors (Lipinski definition) is 5. The van der Waals surface area contributed by atoms with E-state index in [-0.39, 0.29) is 30.3 Å². The Hall–Kier alpha value is -3.46. The number of nitrogens with one attached hydrogen (secondary N) is 3. The van der Waals surface area contributed by atoms with E-state index in [1.54, 1.807) is 17.5 Å². The SMILES string of the molecule is O=C(Nc1ccccc1F)N[C@@H]1CCCC[C@H]1NC(=O)c1csc(COc2ccccc2)n1. The van der Waals surface area contributed by atoms with Gasteiger partial charge in [0.05, 0.1) is 11.7 Å². The number of rotatable bonds is 7. The molecule has 1 saturated carbocycles. The first kappa shape index (κ1) is 22.7. The minimum absolute atomic E-state index is 0.110. The van der Waals surface area contributed by atoms with Crippen molar-refractivity contribution in [1.29, 1.82) is 0 Å². The molecule has 0 spiro atoms. The Morgan fingerprint density at radius 2 is 1.70 bits per heavy atom. The van der Waals surface area contributed by atoms with Gasteiger partial charge in [-0.2, -0.15) is 0 Å². The van der Waals surface area contributed by atoms with Gasteiger partial charge in [-0.15, -0.1) is 11.3 Å². The van der Waals surface area contributed by atoms with E-state index in [9.17, 15) is 14.0 Å². The Kier molecular flexibility index (Phi) is 7.51. The number of nitrogens with zero attached hydrogens (tertiary/aromatic N) is 1. The molecule has 1 heterocycles. The number of carbonyl (C=O) groups excluding carboxylic acids is 2. The van der Waals surface area contributed by atoms with Gasteiger partial charge >= 0.3 is 6.03 Å². The third kappa shape index (κ3) is 6.29. The fourth-order valence-corrected chi connectivity index (χ4v) is 4.44. The van der Waals surface area contributed by atoms with Gasteiger partial charge in [-0.25, -0.2) is 14.2 Å². The van der Waals surface area contributed by atoms with Crippen LogP contribution in [0.5, 0.6) is 5.75 Å². The van der Waals surface area contributed by atoms with Crippen LogP contribution in [-0.2, 0) is 6.61 Å². The molecule has 0 aliphatic heterocycles. The molecule has 3 aromatic rings. The van der Waals surface area contributed by atoms with Gasteiger partial charge in [0.1, 0.15) is 28.9 Å². The van der Waals surface area contributed by atoms with Crippen LogP contribution in [0.25, 0.3) is 0 Å². The minimum atomic E-state index is -0.503. The fourth-order valence-electron chi connectivity index (χ4n) is 3.75. The van der Waals surface area contributed by atoms with Gasteiger partial charge < -0.3 is 20.7 Å². The van der Waals surface area contributed by atoms with Gasteiger partial charge in [0.25, 0.3) is 5.91 Å². The van der Waals surface area contributed by atoms with E-state index in [1.165, 1.54) is 23.5 Å². The highest BCUT2D eigenvalue weighted by Gasteiger charge is 2.29. The van der Waals surface area contributed by atoms with Crippen molar-refractivity contribution in [1.82, 2.24) is 15.6 Å². The standard InChI is InChI=1S/C24H25FN4O3S/c25-17-10-4-5-11-18(17)28-24(31)29-20-13-7-6-12-19(20)27-23(30)21-15-33-22(26-21)14-32-16-8-2-1-3-9-16/h1-5,8-11,15,19-20H,6-7,12-14H2,(H,27,30)(H2,28,29,31)/t19-,20-/m1/s1. The van der Waals surface area contributed by atoms with E-state index in [0.29, 0.717) is 10.7 Å². The Bertz CT molecular complexity index is 1090. The second kappa shape index (κ2) is 10.9. The Morgan fingerprint density at radius 3 is 2.45 bits per heavy atom. The number of halogens is 1. The largest absolute Gasteiger partial charge is 0.486 e. The van der Waals surface area contributed by atoms with Crippen LogP contribution in [0.3, 0.4) is 0 Å². The molecule has 1 aromatic heterocycles. The molecule has 33 heavy (non-hydrogen) atoms. The second-order valence-electron chi connectivity index (χ2n) is 7.78. The maximum Gasteiger partial charge on any atom is 0.319 e. The second-order valence-corrected chi connectivity index (χ2v) is 8.72. The highest BCUT2D eigenvalue weighted by molar-refractivity contribution is 7.09. The highest BCUT2D eigenvalue weighted by Crippen LogP contribution is 2.21. The van der Waals surface area contributed by atoms with Crippen molar-refractivity contribution in [3.63, 3.8) is 0 Å². The van der Waals surface area contributed by atoms with E-state index < -0.39 is 11.8 Å². The van der Waals surface area contributed by atoms with Gasteiger partial charge in [0.2, 0.25) is 0 Å². The van der Waals surface area contributed by atoms with E-state index in [1.807, 2.05) is 30.3 Å². The number of para-hydroxylation sites is 2. The van der Waals surface area contributed by atoms with Crippen molar-refractivity contribution in [3.05, 3.63) is 76.5 Å². The summed E-state index contributed by atoms with van der Waals surface area (Å²) in [6.07, 6.45) is 3.35. The van der Waals surface area contributed by atoms with Crippen LogP contribution in [0.4, 0.5) is 14.9 Å². The Morgan fingerprint density at radius 1 is 1.00 bits per heavy atom. The molecule has 1 fully saturated rings. The summed E-state index contributed by atoms with van der Waals surface area (Å²) in [6, 6.07) is 14.4. The molecule has 1 aliphatic carbocycles. The van der Waals surface area contributed by atoms with Crippen LogP contribution in [0.1, 0.15) is 41.2 Å². The van der Waals surface area contributed by atoms with E-state index in [0.717, 1.165) is 31.4 Å². The molecule has 0 unspecified atom stereocenters. The van der Waals surface area contributed by atoms with Gasteiger partial charge in [-0.3, -0.25) is 4.79 Å². The number of urea groups is 1. The summed E-state index contributed by atoms with van der Waals surface area (Å²) in [5.41, 5.74) is 0.436.